The van der Waals surface area contributed by atoms with Crippen LogP contribution in [0.3, 0.4) is 0 Å². The molecule has 0 aliphatic carbocycles. The number of carbonyl (C=O) groups excluding carboxylic acids is 2. The van der Waals surface area contributed by atoms with Crippen molar-refractivity contribution in [1.82, 2.24) is 0 Å². The number of esters is 2. The minimum absolute atomic E-state index is 0.363. The topological polar surface area (TPSA) is 148 Å². The van der Waals surface area contributed by atoms with E-state index in [4.69, 9.17) is 43.0 Å². The monoisotopic (exact) mass is 490 g/mol. The van der Waals surface area contributed by atoms with Crippen molar-refractivity contribution in [2.24, 2.45) is 0 Å². The van der Waals surface area contributed by atoms with Gasteiger partial charge in [-0.1, -0.05) is 6.08 Å². The zero-order valence-corrected chi connectivity index (χ0v) is 20.2. The lowest BCUT2D eigenvalue weighted by Crippen LogP contribution is -2.59. The van der Waals surface area contributed by atoms with Crippen molar-refractivity contribution in [3.8, 4) is 0 Å². The molecule has 4 saturated heterocycles. The van der Waals surface area contributed by atoms with Crippen LogP contribution in [0.2, 0.25) is 0 Å². The molecule has 0 aromatic heterocycles. The van der Waals surface area contributed by atoms with Crippen molar-refractivity contribution in [2.45, 2.75) is 94.2 Å². The molecular formula is C22H34O12. The van der Waals surface area contributed by atoms with Gasteiger partial charge in [0, 0.05) is 14.2 Å². The number of aliphatic hydroxyl groups is 2. The molecule has 0 aromatic rings. The standard InChI is InChI=1S/C11H18O7.C11H16O5/c1-11(2)17-6(5(13)4-12)7-8(18-11)9(15-3)10(14)16-7;1-5-6-7-8(16-11(2,3)15-6)9(13-4)10(12)14-7/h5-9,12-13H,4H2,1-3H3;5-9H,1H2,2-4H3/t5-,6-,7?,8-,9-;6-,7?,8-,9-/m11/s1. The summed E-state index contributed by atoms with van der Waals surface area (Å²) in [5.74, 6) is -2.73. The van der Waals surface area contributed by atoms with Gasteiger partial charge in [-0.25, -0.2) is 9.59 Å². The average molecular weight is 491 g/mol. The van der Waals surface area contributed by atoms with Gasteiger partial charge in [-0.05, 0) is 27.7 Å². The number of hydrogen-bond acceptors (Lipinski definition) is 12. The summed E-state index contributed by atoms with van der Waals surface area (Å²) in [6.45, 7) is 10.1. The number of fused-ring (bicyclic) bond motifs is 2. The Labute approximate surface area is 198 Å². The maximum atomic E-state index is 11.6. The molecular weight excluding hydrogens is 456 g/mol. The molecule has 2 N–H and O–H groups in total. The van der Waals surface area contributed by atoms with Gasteiger partial charge in [0.15, 0.2) is 36.0 Å². The molecule has 0 radical (unpaired) electrons. The summed E-state index contributed by atoms with van der Waals surface area (Å²) in [6.07, 6.45) is -4.60. The second kappa shape index (κ2) is 10.2. The first kappa shape index (κ1) is 27.0. The number of carbonyl (C=O) groups is 2. The van der Waals surface area contributed by atoms with Crippen LogP contribution < -0.4 is 0 Å². The molecule has 0 saturated carbocycles. The van der Waals surface area contributed by atoms with Crippen molar-refractivity contribution in [1.29, 1.82) is 0 Å². The quantitative estimate of drug-likeness (QED) is 0.376. The van der Waals surface area contributed by atoms with Gasteiger partial charge in [-0.3, -0.25) is 0 Å². The number of ether oxygens (including phenoxy) is 8. The van der Waals surface area contributed by atoms with E-state index in [1.807, 2.05) is 0 Å². The number of aliphatic hydroxyl groups excluding tert-OH is 2. The van der Waals surface area contributed by atoms with Crippen molar-refractivity contribution in [3.05, 3.63) is 12.7 Å². The van der Waals surface area contributed by atoms with Gasteiger partial charge < -0.3 is 48.1 Å². The van der Waals surface area contributed by atoms with Crippen LogP contribution in [0.5, 0.6) is 0 Å². The molecule has 194 valence electrons. The van der Waals surface area contributed by atoms with Crippen LogP contribution >= 0.6 is 0 Å². The Balaban J connectivity index is 0.000000192. The zero-order valence-electron chi connectivity index (χ0n) is 20.2. The van der Waals surface area contributed by atoms with Gasteiger partial charge in [0.2, 0.25) is 0 Å². The van der Waals surface area contributed by atoms with Crippen molar-refractivity contribution >= 4 is 11.9 Å². The highest BCUT2D eigenvalue weighted by atomic mass is 16.8. The van der Waals surface area contributed by atoms with Crippen LogP contribution in [-0.4, -0.2) is 109 Å². The van der Waals surface area contributed by atoms with E-state index in [2.05, 4.69) is 6.58 Å². The second-order valence-corrected chi connectivity index (χ2v) is 9.23. The molecule has 0 amide bonds. The van der Waals surface area contributed by atoms with E-state index in [0.29, 0.717) is 0 Å². The average Bonchev–Trinajstić information content (AvgIpc) is 3.25. The van der Waals surface area contributed by atoms with Crippen LogP contribution in [0, 0.1) is 0 Å². The van der Waals surface area contributed by atoms with Gasteiger partial charge in [0.25, 0.3) is 0 Å². The molecule has 0 bridgehead atoms. The minimum Gasteiger partial charge on any atom is -0.455 e. The Morgan fingerprint density at radius 3 is 1.82 bits per heavy atom. The SMILES string of the molecule is C=C[C@H]1OC(C)(C)O[C@@H]2C1OC(=O)[C@@H]2OC.CO[C@H]1C(=O)OC2[C@H]1OC(C)(C)O[C@@H]2[C@H](O)CO. The maximum absolute atomic E-state index is 11.6. The Bertz CT molecular complexity index is 767. The van der Waals surface area contributed by atoms with E-state index in [1.54, 1.807) is 33.8 Å². The first-order chi connectivity index (χ1) is 15.9. The molecule has 4 aliphatic heterocycles. The van der Waals surface area contributed by atoms with Crippen LogP contribution in [-0.2, 0) is 47.5 Å². The van der Waals surface area contributed by atoms with Gasteiger partial charge in [-0.15, -0.1) is 6.58 Å². The smallest absolute Gasteiger partial charge is 0.338 e. The predicted octanol–water partition coefficient (Wildman–Crippen LogP) is -0.567. The normalized spacial score (nSPS) is 40.7. The third-order valence-electron chi connectivity index (χ3n) is 5.85. The van der Waals surface area contributed by atoms with E-state index >= 15 is 0 Å². The summed E-state index contributed by atoms with van der Waals surface area (Å²) in [5.41, 5.74) is 0. The van der Waals surface area contributed by atoms with Crippen LogP contribution in [0.4, 0.5) is 0 Å². The first-order valence-corrected chi connectivity index (χ1v) is 11.0. The Morgan fingerprint density at radius 2 is 1.35 bits per heavy atom. The van der Waals surface area contributed by atoms with Crippen molar-refractivity contribution < 1.29 is 57.7 Å². The highest BCUT2D eigenvalue weighted by Gasteiger charge is 2.58. The summed E-state index contributed by atoms with van der Waals surface area (Å²) in [5, 5.41) is 18.8. The minimum atomic E-state index is -1.15. The number of methoxy groups -OCH3 is 2. The molecule has 4 rings (SSSR count). The number of rotatable bonds is 5. The summed E-state index contributed by atoms with van der Waals surface area (Å²) < 4.78 is 42.8. The fourth-order valence-corrected chi connectivity index (χ4v) is 4.46. The molecule has 9 atom stereocenters. The van der Waals surface area contributed by atoms with E-state index in [-0.39, 0.29) is 6.10 Å². The van der Waals surface area contributed by atoms with Crippen molar-refractivity contribution in [2.75, 3.05) is 20.8 Å². The van der Waals surface area contributed by atoms with Crippen LogP contribution in [0.1, 0.15) is 27.7 Å². The summed E-state index contributed by atoms with van der Waals surface area (Å²) in [7, 11) is 2.85. The molecule has 2 unspecified atom stereocenters. The van der Waals surface area contributed by atoms with Gasteiger partial charge >= 0.3 is 11.9 Å². The third kappa shape index (κ3) is 5.29. The third-order valence-corrected chi connectivity index (χ3v) is 5.85. The summed E-state index contributed by atoms with van der Waals surface area (Å²) in [4.78, 5) is 23.1. The molecule has 4 heterocycles. The molecule has 0 aromatic carbocycles. The van der Waals surface area contributed by atoms with Gasteiger partial charge in [0.1, 0.15) is 30.5 Å². The lowest BCUT2D eigenvalue weighted by Gasteiger charge is -2.43. The molecule has 12 heteroatoms. The molecule has 4 fully saturated rings. The molecule has 34 heavy (non-hydrogen) atoms. The fourth-order valence-electron chi connectivity index (χ4n) is 4.46. The lowest BCUT2D eigenvalue weighted by molar-refractivity contribution is -0.341. The summed E-state index contributed by atoms with van der Waals surface area (Å²) >= 11 is 0. The van der Waals surface area contributed by atoms with E-state index < -0.39 is 79.0 Å². The van der Waals surface area contributed by atoms with Crippen LogP contribution in [0.25, 0.3) is 0 Å². The fraction of sp³-hybridized carbons (Fsp3) is 0.818. The maximum Gasteiger partial charge on any atom is 0.338 e. The van der Waals surface area contributed by atoms with E-state index in [1.165, 1.54) is 14.2 Å². The highest BCUT2D eigenvalue weighted by Crippen LogP contribution is 2.37. The Kier molecular flexibility index (Phi) is 8.05. The first-order valence-electron chi connectivity index (χ1n) is 11.0. The molecule has 0 spiro atoms. The molecule has 4 aliphatic rings. The highest BCUT2D eigenvalue weighted by molar-refractivity contribution is 5.78. The predicted molar refractivity (Wildman–Crippen MR) is 112 cm³/mol. The summed E-state index contributed by atoms with van der Waals surface area (Å²) in [6, 6.07) is 0. The molecule has 12 nitrogen and oxygen atoms in total. The lowest BCUT2D eigenvalue weighted by atomic mass is 9.99. The van der Waals surface area contributed by atoms with Crippen molar-refractivity contribution in [3.63, 3.8) is 0 Å². The van der Waals surface area contributed by atoms with Gasteiger partial charge in [-0.2, -0.15) is 0 Å². The van der Waals surface area contributed by atoms with Crippen LogP contribution in [0.15, 0.2) is 12.7 Å². The van der Waals surface area contributed by atoms with E-state index in [9.17, 15) is 14.7 Å². The largest absolute Gasteiger partial charge is 0.455 e. The Hall–Kier alpha value is -1.64. The zero-order chi connectivity index (χ0) is 25.4. The van der Waals surface area contributed by atoms with Gasteiger partial charge in [0.05, 0.1) is 6.61 Å². The number of hydrogen-bond donors (Lipinski definition) is 2. The second-order valence-electron chi connectivity index (χ2n) is 9.23. The Morgan fingerprint density at radius 1 is 0.882 bits per heavy atom. The van der Waals surface area contributed by atoms with E-state index in [0.717, 1.165) is 0 Å².